The fourth-order valence-corrected chi connectivity index (χ4v) is 0. The zero-order chi connectivity index (χ0) is 3.58. The van der Waals surface area contributed by atoms with Crippen molar-refractivity contribution >= 4 is 0 Å². The molecule has 7 heavy (non-hydrogen) atoms. The van der Waals surface area contributed by atoms with Crippen molar-refractivity contribution in [1.82, 2.24) is 0 Å². The van der Waals surface area contributed by atoms with Gasteiger partial charge in [0.1, 0.15) is 0 Å². The average Bonchev–Trinajstić information content (AvgIpc) is 0.811. The van der Waals surface area contributed by atoms with Crippen LogP contribution in [-0.2, 0) is 20.4 Å². The molecule has 0 aliphatic heterocycles. The van der Waals surface area contributed by atoms with E-state index in [0.717, 1.165) is 0 Å². The summed E-state index contributed by atoms with van der Waals surface area (Å²) >= 11 is 0. The molecular weight excluding hydrogens is 196 g/mol. The topological polar surface area (TPSA) is 133 Å². The Balaban J connectivity index is -0.0000000150. The SMILES string of the molecule is O=[N+]([O-])[O-].[NH2-].[NH2-].[Pd+2]. The standard InChI is InChI=1S/NO3.2H2N.Pd/c2-1(3)4;;;/h;2*1H2;/q3*-1;+2. The molecule has 0 aliphatic carbocycles. The molecule has 0 radical (unpaired) electrons. The average molecular weight is 200 g/mol. The molecule has 0 saturated carbocycles. The van der Waals surface area contributed by atoms with Crippen LogP contribution in [0.1, 0.15) is 0 Å². The van der Waals surface area contributed by atoms with Gasteiger partial charge < -0.3 is 27.6 Å². The molecule has 0 atom stereocenters. The maximum absolute atomic E-state index is 8.25. The second kappa shape index (κ2) is 17.1. The van der Waals surface area contributed by atoms with Crippen molar-refractivity contribution in [3.05, 3.63) is 27.6 Å². The number of rotatable bonds is 0. The Labute approximate surface area is 53.8 Å². The third kappa shape index (κ3) is 1750. The maximum Gasteiger partial charge on any atom is 2.00 e. The fraction of sp³-hybridized carbons (Fsp3) is 0. The molecule has 0 saturated heterocycles. The van der Waals surface area contributed by atoms with Crippen LogP contribution in [0.25, 0.3) is 12.3 Å². The maximum atomic E-state index is 8.25. The zero-order valence-corrected chi connectivity index (χ0v) is 4.70. The van der Waals surface area contributed by atoms with E-state index in [-0.39, 0.29) is 32.7 Å². The smallest absolute Gasteiger partial charge is 0.693 e. The van der Waals surface area contributed by atoms with Gasteiger partial charge in [-0.05, 0) is 0 Å². The number of nitrogens with zero attached hydrogens (tertiary/aromatic N) is 1. The summed E-state index contributed by atoms with van der Waals surface area (Å²) in [5.41, 5.74) is 0. The van der Waals surface area contributed by atoms with Crippen LogP contribution in [-0.4, -0.2) is 5.09 Å². The van der Waals surface area contributed by atoms with Gasteiger partial charge in [-0.15, -0.1) is 0 Å². The number of hydrogen-bond acceptors (Lipinski definition) is 3. The molecule has 4 N–H and O–H groups in total. The Hall–Kier alpha value is -0.218. The Bertz CT molecular complexity index is 33.2. The van der Waals surface area contributed by atoms with Crippen LogP contribution in [0.15, 0.2) is 0 Å². The van der Waals surface area contributed by atoms with E-state index in [1.54, 1.807) is 0 Å². The summed E-state index contributed by atoms with van der Waals surface area (Å²) in [6.45, 7) is 0. The van der Waals surface area contributed by atoms with Crippen molar-refractivity contribution in [3.63, 3.8) is 0 Å². The van der Waals surface area contributed by atoms with E-state index in [1.807, 2.05) is 0 Å². The van der Waals surface area contributed by atoms with Crippen LogP contribution in [0.3, 0.4) is 0 Å². The summed E-state index contributed by atoms with van der Waals surface area (Å²) in [6, 6.07) is 0. The molecule has 0 aromatic rings. The first-order valence-corrected chi connectivity index (χ1v) is 0.548. The van der Waals surface area contributed by atoms with Crippen LogP contribution >= 0.6 is 0 Å². The molecule has 0 rings (SSSR count). The van der Waals surface area contributed by atoms with E-state index in [0.29, 0.717) is 0 Å². The van der Waals surface area contributed by atoms with Gasteiger partial charge in [0, 0.05) is 0 Å². The molecule has 48 valence electrons. The van der Waals surface area contributed by atoms with Crippen LogP contribution in [0.5, 0.6) is 0 Å². The Morgan fingerprint density at radius 2 is 1.14 bits per heavy atom. The summed E-state index contributed by atoms with van der Waals surface area (Å²) < 4.78 is 0. The normalized spacial score (nSPS) is 3.43. The van der Waals surface area contributed by atoms with Gasteiger partial charge >= 0.3 is 20.4 Å². The molecule has 0 amide bonds. The molecule has 0 aromatic heterocycles. The largest absolute Gasteiger partial charge is 2.00 e. The second-order valence-corrected chi connectivity index (χ2v) is 0.224. The first kappa shape index (κ1) is 29.3. The Morgan fingerprint density at radius 1 is 1.14 bits per heavy atom. The molecule has 7 heteroatoms. The van der Waals surface area contributed by atoms with Crippen molar-refractivity contribution < 1.29 is 25.5 Å². The van der Waals surface area contributed by atoms with Gasteiger partial charge in [-0.3, -0.25) is 0 Å². The minimum absolute atomic E-state index is 0. The van der Waals surface area contributed by atoms with Gasteiger partial charge in [0.15, 0.2) is 0 Å². The number of hydrogen-bond donors (Lipinski definition) is 0. The predicted molar refractivity (Wildman–Crippen MR) is 20.9 cm³/mol. The fourth-order valence-electron chi connectivity index (χ4n) is 0. The molecule has 0 fully saturated rings. The third-order valence-electron chi connectivity index (χ3n) is 0. The van der Waals surface area contributed by atoms with Gasteiger partial charge in [-0.25, -0.2) is 0 Å². The molecule has 0 spiro atoms. The van der Waals surface area contributed by atoms with E-state index in [9.17, 15) is 0 Å². The summed E-state index contributed by atoms with van der Waals surface area (Å²) in [4.78, 5) is 8.25. The second-order valence-electron chi connectivity index (χ2n) is 0.224. The van der Waals surface area contributed by atoms with Crippen molar-refractivity contribution in [2.75, 3.05) is 0 Å². The quantitative estimate of drug-likeness (QED) is 0.330. The number of nitrogens with two attached hydrogens (primary N) is 2. The first-order chi connectivity index (χ1) is 1.73. The third-order valence-corrected chi connectivity index (χ3v) is 0. The van der Waals surface area contributed by atoms with Crippen molar-refractivity contribution in [1.29, 1.82) is 0 Å². The van der Waals surface area contributed by atoms with E-state index in [1.165, 1.54) is 0 Å². The molecule has 0 heterocycles. The Morgan fingerprint density at radius 3 is 1.14 bits per heavy atom. The van der Waals surface area contributed by atoms with Crippen molar-refractivity contribution in [2.45, 2.75) is 0 Å². The molecule has 0 aliphatic rings. The van der Waals surface area contributed by atoms with Gasteiger partial charge in [0.25, 0.3) is 0 Å². The van der Waals surface area contributed by atoms with Gasteiger partial charge in [0.2, 0.25) is 0 Å². The summed E-state index contributed by atoms with van der Waals surface area (Å²) in [6.07, 6.45) is 0. The van der Waals surface area contributed by atoms with E-state index in [2.05, 4.69) is 0 Å². The van der Waals surface area contributed by atoms with Crippen LogP contribution in [0, 0.1) is 15.3 Å². The minimum Gasteiger partial charge on any atom is -0.693 e. The Kier molecular flexibility index (Phi) is 71.5. The van der Waals surface area contributed by atoms with E-state index in [4.69, 9.17) is 15.3 Å². The van der Waals surface area contributed by atoms with Gasteiger partial charge in [0.05, 0.1) is 5.09 Å². The van der Waals surface area contributed by atoms with Crippen molar-refractivity contribution in [3.8, 4) is 0 Å². The predicted octanol–water partition coefficient (Wildman–Crippen LogP) is 1.19. The van der Waals surface area contributed by atoms with Crippen LogP contribution < -0.4 is 0 Å². The molecule has 6 nitrogen and oxygen atoms in total. The van der Waals surface area contributed by atoms with Crippen molar-refractivity contribution in [2.24, 2.45) is 0 Å². The molecular formula is H4N3O3Pd-. The molecule has 0 unspecified atom stereocenters. The summed E-state index contributed by atoms with van der Waals surface area (Å²) in [5, 5.41) is 14.8. The zero-order valence-electron chi connectivity index (χ0n) is 3.14. The minimum atomic E-state index is -1.75. The van der Waals surface area contributed by atoms with E-state index < -0.39 is 5.09 Å². The molecule has 0 aromatic carbocycles. The summed E-state index contributed by atoms with van der Waals surface area (Å²) in [5.74, 6) is 0. The first-order valence-electron chi connectivity index (χ1n) is 0.548. The van der Waals surface area contributed by atoms with Gasteiger partial charge in [-0.1, -0.05) is 0 Å². The summed E-state index contributed by atoms with van der Waals surface area (Å²) in [7, 11) is 0. The van der Waals surface area contributed by atoms with Gasteiger partial charge in [-0.2, -0.15) is 0 Å². The van der Waals surface area contributed by atoms with Crippen LogP contribution in [0.2, 0.25) is 0 Å². The van der Waals surface area contributed by atoms with E-state index >= 15 is 0 Å². The monoisotopic (exact) mass is 200 g/mol. The molecule has 0 bridgehead atoms. The van der Waals surface area contributed by atoms with Crippen LogP contribution in [0.4, 0.5) is 0 Å².